The number of rotatable bonds is 7. The van der Waals surface area contributed by atoms with Crippen molar-refractivity contribution in [3.05, 3.63) is 87.4 Å². The Kier molecular flexibility index (Phi) is 6.84. The predicted octanol–water partition coefficient (Wildman–Crippen LogP) is 3.81. The third-order valence-electron chi connectivity index (χ3n) is 4.49. The van der Waals surface area contributed by atoms with Crippen molar-refractivity contribution in [3.63, 3.8) is 0 Å². The lowest BCUT2D eigenvalue weighted by molar-refractivity contribution is -0.124. The molecule has 0 aliphatic heterocycles. The SMILES string of the molecule is Cc1ccc(Cn2nc(C)c(C(=O)OCC(=O)NCc3ccccc3F)c2Cl)cc1. The summed E-state index contributed by atoms with van der Waals surface area (Å²) in [7, 11) is 0. The standard InChI is InChI=1S/C22H21ClFN3O3/c1-14-7-9-16(10-8-14)12-27-21(23)20(15(2)26-27)22(29)30-13-19(28)25-11-17-5-3-4-6-18(17)24/h3-10H,11-13H2,1-2H3,(H,25,28). The Morgan fingerprint density at radius 2 is 1.83 bits per heavy atom. The molecule has 0 fully saturated rings. The summed E-state index contributed by atoms with van der Waals surface area (Å²) in [6.45, 7) is 3.53. The number of nitrogens with one attached hydrogen (secondary N) is 1. The number of carbonyl (C=O) groups excluding carboxylic acids is 2. The van der Waals surface area contributed by atoms with Crippen LogP contribution in [0, 0.1) is 19.7 Å². The van der Waals surface area contributed by atoms with Gasteiger partial charge in [0.25, 0.3) is 5.91 Å². The molecule has 3 aromatic rings. The van der Waals surface area contributed by atoms with E-state index in [0.717, 1.165) is 11.1 Å². The Morgan fingerprint density at radius 1 is 1.13 bits per heavy atom. The van der Waals surface area contributed by atoms with Crippen molar-refractivity contribution in [2.24, 2.45) is 0 Å². The smallest absolute Gasteiger partial charge is 0.343 e. The first kappa shape index (κ1) is 21.5. The molecule has 0 saturated heterocycles. The Labute approximate surface area is 178 Å². The number of carbonyl (C=O) groups is 2. The zero-order valence-corrected chi connectivity index (χ0v) is 17.4. The number of hydrogen-bond acceptors (Lipinski definition) is 4. The van der Waals surface area contributed by atoms with Gasteiger partial charge in [-0.1, -0.05) is 59.6 Å². The largest absolute Gasteiger partial charge is 0.452 e. The zero-order chi connectivity index (χ0) is 21.7. The normalized spacial score (nSPS) is 10.7. The van der Waals surface area contributed by atoms with Gasteiger partial charge >= 0.3 is 5.97 Å². The number of hydrogen-bond donors (Lipinski definition) is 1. The molecular formula is C22H21ClFN3O3. The Morgan fingerprint density at radius 3 is 2.53 bits per heavy atom. The third-order valence-corrected chi connectivity index (χ3v) is 4.87. The van der Waals surface area contributed by atoms with E-state index in [2.05, 4.69) is 10.4 Å². The van der Waals surface area contributed by atoms with E-state index in [1.165, 1.54) is 10.7 Å². The zero-order valence-electron chi connectivity index (χ0n) is 16.6. The molecule has 0 atom stereocenters. The summed E-state index contributed by atoms with van der Waals surface area (Å²) in [5.74, 6) is -1.71. The van der Waals surface area contributed by atoms with Gasteiger partial charge in [-0.25, -0.2) is 13.9 Å². The van der Waals surface area contributed by atoms with Crippen molar-refractivity contribution >= 4 is 23.5 Å². The van der Waals surface area contributed by atoms with Gasteiger partial charge in [-0.3, -0.25) is 4.79 Å². The third kappa shape index (κ3) is 5.24. The maximum Gasteiger partial charge on any atom is 0.343 e. The number of aryl methyl sites for hydroxylation is 2. The first-order valence-electron chi connectivity index (χ1n) is 9.31. The van der Waals surface area contributed by atoms with E-state index in [4.69, 9.17) is 16.3 Å². The molecule has 3 rings (SSSR count). The number of halogens is 2. The van der Waals surface area contributed by atoms with E-state index >= 15 is 0 Å². The van der Waals surface area contributed by atoms with Crippen LogP contribution >= 0.6 is 11.6 Å². The molecule has 0 saturated carbocycles. The molecule has 0 unspecified atom stereocenters. The van der Waals surface area contributed by atoms with Crippen molar-refractivity contribution in [1.29, 1.82) is 0 Å². The van der Waals surface area contributed by atoms with Crippen molar-refractivity contribution in [1.82, 2.24) is 15.1 Å². The van der Waals surface area contributed by atoms with Crippen LogP contribution in [0.4, 0.5) is 4.39 Å². The number of ether oxygens (including phenoxy) is 1. The summed E-state index contributed by atoms with van der Waals surface area (Å²) in [6.07, 6.45) is 0. The molecule has 1 amide bonds. The van der Waals surface area contributed by atoms with Gasteiger partial charge in [-0.2, -0.15) is 5.10 Å². The fourth-order valence-electron chi connectivity index (χ4n) is 2.85. The van der Waals surface area contributed by atoms with Gasteiger partial charge in [0.2, 0.25) is 0 Å². The first-order valence-corrected chi connectivity index (χ1v) is 9.68. The van der Waals surface area contributed by atoms with Crippen molar-refractivity contribution in [3.8, 4) is 0 Å². The van der Waals surface area contributed by atoms with E-state index in [1.807, 2.05) is 31.2 Å². The van der Waals surface area contributed by atoms with Crippen LogP contribution in [0.1, 0.15) is 32.7 Å². The molecule has 6 nitrogen and oxygen atoms in total. The van der Waals surface area contributed by atoms with Gasteiger partial charge in [-0.15, -0.1) is 0 Å². The van der Waals surface area contributed by atoms with Gasteiger partial charge in [0.1, 0.15) is 16.5 Å². The van der Waals surface area contributed by atoms with Crippen molar-refractivity contribution in [2.45, 2.75) is 26.9 Å². The minimum absolute atomic E-state index is 0.00266. The number of nitrogens with zero attached hydrogens (tertiary/aromatic N) is 2. The van der Waals surface area contributed by atoms with Crippen LogP contribution in [0.15, 0.2) is 48.5 Å². The first-order chi connectivity index (χ1) is 14.3. The molecule has 1 N–H and O–H groups in total. The lowest BCUT2D eigenvalue weighted by Gasteiger charge is -2.08. The van der Waals surface area contributed by atoms with Gasteiger partial charge in [0.05, 0.1) is 12.2 Å². The predicted molar refractivity (Wildman–Crippen MR) is 111 cm³/mol. The highest BCUT2D eigenvalue weighted by Gasteiger charge is 2.22. The van der Waals surface area contributed by atoms with Crippen molar-refractivity contribution in [2.75, 3.05) is 6.61 Å². The van der Waals surface area contributed by atoms with Gasteiger partial charge in [-0.05, 0) is 25.5 Å². The Hall–Kier alpha value is -3.19. The highest BCUT2D eigenvalue weighted by atomic mass is 35.5. The topological polar surface area (TPSA) is 73.2 Å². The average Bonchev–Trinajstić information content (AvgIpc) is 3.00. The minimum Gasteiger partial charge on any atom is -0.452 e. The fourth-order valence-corrected chi connectivity index (χ4v) is 3.16. The monoisotopic (exact) mass is 429 g/mol. The number of aromatic nitrogens is 2. The van der Waals surface area contributed by atoms with Crippen LogP contribution in [0.25, 0.3) is 0 Å². The quantitative estimate of drug-likeness (QED) is 0.579. The molecular weight excluding hydrogens is 409 g/mol. The number of esters is 1. The van der Waals surface area contributed by atoms with Crippen LogP contribution in [-0.2, 0) is 22.6 Å². The molecule has 30 heavy (non-hydrogen) atoms. The maximum absolute atomic E-state index is 13.6. The Balaban J connectivity index is 1.58. The van der Waals surface area contributed by atoms with Crippen molar-refractivity contribution < 1.29 is 18.7 Å². The van der Waals surface area contributed by atoms with Crippen LogP contribution in [-0.4, -0.2) is 28.3 Å². The maximum atomic E-state index is 13.6. The summed E-state index contributed by atoms with van der Waals surface area (Å²) >= 11 is 6.34. The molecule has 8 heteroatoms. The van der Waals surface area contributed by atoms with E-state index in [0.29, 0.717) is 17.8 Å². The second-order valence-electron chi connectivity index (χ2n) is 6.84. The van der Waals surface area contributed by atoms with Gasteiger partial charge < -0.3 is 10.1 Å². The number of amides is 1. The van der Waals surface area contributed by atoms with Gasteiger partial charge in [0.15, 0.2) is 6.61 Å². The Bertz CT molecular complexity index is 1060. The molecule has 0 aliphatic rings. The summed E-state index contributed by atoms with van der Waals surface area (Å²) in [6, 6.07) is 14.0. The van der Waals surface area contributed by atoms with E-state index in [1.54, 1.807) is 25.1 Å². The molecule has 1 heterocycles. The van der Waals surface area contributed by atoms with E-state index < -0.39 is 24.3 Å². The molecule has 0 radical (unpaired) electrons. The minimum atomic E-state index is -0.742. The van der Waals surface area contributed by atoms with E-state index in [-0.39, 0.29) is 17.3 Å². The highest BCUT2D eigenvalue weighted by Crippen LogP contribution is 2.22. The van der Waals surface area contributed by atoms with Crippen LogP contribution < -0.4 is 5.32 Å². The summed E-state index contributed by atoms with van der Waals surface area (Å²) in [5.41, 5.74) is 2.99. The summed E-state index contributed by atoms with van der Waals surface area (Å²) in [4.78, 5) is 24.4. The summed E-state index contributed by atoms with van der Waals surface area (Å²) in [5, 5.41) is 6.96. The second-order valence-corrected chi connectivity index (χ2v) is 7.20. The average molecular weight is 430 g/mol. The van der Waals surface area contributed by atoms with Crippen LogP contribution in [0.3, 0.4) is 0 Å². The second kappa shape index (κ2) is 9.54. The highest BCUT2D eigenvalue weighted by molar-refractivity contribution is 6.32. The molecule has 0 spiro atoms. The van der Waals surface area contributed by atoms with Crippen LogP contribution in [0.2, 0.25) is 5.15 Å². The lowest BCUT2D eigenvalue weighted by Crippen LogP contribution is -2.28. The van der Waals surface area contributed by atoms with E-state index in [9.17, 15) is 14.0 Å². The van der Waals surface area contributed by atoms with Crippen LogP contribution in [0.5, 0.6) is 0 Å². The molecule has 2 aromatic carbocycles. The molecule has 0 aliphatic carbocycles. The lowest BCUT2D eigenvalue weighted by atomic mass is 10.1. The fraction of sp³-hybridized carbons (Fsp3) is 0.227. The molecule has 1 aromatic heterocycles. The molecule has 0 bridgehead atoms. The number of benzene rings is 2. The van der Waals surface area contributed by atoms with Gasteiger partial charge in [0, 0.05) is 12.1 Å². The summed E-state index contributed by atoms with van der Waals surface area (Å²) < 4.78 is 20.2. The molecule has 156 valence electrons.